The Kier molecular flexibility index (Phi) is 4.64. The standard InChI is InChI=1S/C16H21ClN4O/c1-2-7-21-8-5-12(6-9-21)18-16(22)15-13-10-11(17)3-4-14(13)19-20-15/h3-4,10,12H,2,5-9H2,1H3,(H,18,22)(H,19,20). The average Bonchev–Trinajstić information content (AvgIpc) is 2.92. The molecule has 1 aromatic carbocycles. The number of amides is 1. The summed E-state index contributed by atoms with van der Waals surface area (Å²) in [5.41, 5.74) is 1.25. The summed E-state index contributed by atoms with van der Waals surface area (Å²) in [7, 11) is 0. The van der Waals surface area contributed by atoms with Crippen molar-refractivity contribution in [1.29, 1.82) is 0 Å². The van der Waals surface area contributed by atoms with E-state index in [1.165, 1.54) is 6.42 Å². The molecular formula is C16H21ClN4O. The van der Waals surface area contributed by atoms with E-state index in [0.29, 0.717) is 10.7 Å². The van der Waals surface area contributed by atoms with Gasteiger partial charge >= 0.3 is 0 Å². The number of hydrogen-bond acceptors (Lipinski definition) is 3. The fourth-order valence-electron chi connectivity index (χ4n) is 3.03. The van der Waals surface area contributed by atoms with Gasteiger partial charge in [0.15, 0.2) is 5.69 Å². The highest BCUT2D eigenvalue weighted by molar-refractivity contribution is 6.31. The first-order valence-electron chi connectivity index (χ1n) is 7.84. The number of carbonyl (C=O) groups is 1. The normalized spacial score (nSPS) is 17.0. The van der Waals surface area contributed by atoms with Crippen LogP contribution in [0.5, 0.6) is 0 Å². The van der Waals surface area contributed by atoms with Gasteiger partial charge < -0.3 is 10.2 Å². The van der Waals surface area contributed by atoms with Gasteiger partial charge in [0.25, 0.3) is 5.91 Å². The second-order valence-electron chi connectivity index (χ2n) is 5.85. The van der Waals surface area contributed by atoms with Gasteiger partial charge in [-0.2, -0.15) is 5.10 Å². The number of aromatic nitrogens is 2. The van der Waals surface area contributed by atoms with Crippen LogP contribution in [0.1, 0.15) is 36.7 Å². The Balaban J connectivity index is 1.65. The first kappa shape index (κ1) is 15.3. The van der Waals surface area contributed by atoms with Gasteiger partial charge in [-0.15, -0.1) is 0 Å². The third kappa shape index (κ3) is 3.25. The molecule has 22 heavy (non-hydrogen) atoms. The highest BCUT2D eigenvalue weighted by Crippen LogP contribution is 2.21. The van der Waals surface area contributed by atoms with Gasteiger partial charge in [0, 0.05) is 29.5 Å². The van der Waals surface area contributed by atoms with Crippen LogP contribution in [0.2, 0.25) is 5.02 Å². The Morgan fingerprint density at radius 1 is 1.45 bits per heavy atom. The zero-order chi connectivity index (χ0) is 15.5. The van der Waals surface area contributed by atoms with Crippen LogP contribution in [0.4, 0.5) is 0 Å². The van der Waals surface area contributed by atoms with E-state index >= 15 is 0 Å². The minimum atomic E-state index is -0.123. The van der Waals surface area contributed by atoms with Crippen LogP contribution in [0.25, 0.3) is 10.9 Å². The lowest BCUT2D eigenvalue weighted by molar-refractivity contribution is 0.0907. The van der Waals surface area contributed by atoms with Crippen molar-refractivity contribution in [3.05, 3.63) is 28.9 Å². The van der Waals surface area contributed by atoms with Gasteiger partial charge in [-0.25, -0.2) is 0 Å². The molecular weight excluding hydrogens is 300 g/mol. The third-order valence-electron chi connectivity index (χ3n) is 4.20. The van der Waals surface area contributed by atoms with Crippen LogP contribution in [0.15, 0.2) is 18.2 Å². The molecule has 1 aliphatic rings. The molecule has 5 nitrogen and oxygen atoms in total. The fraction of sp³-hybridized carbons (Fsp3) is 0.500. The van der Waals surface area contributed by atoms with Gasteiger partial charge in [0.05, 0.1) is 5.52 Å². The molecule has 2 aromatic rings. The number of likely N-dealkylation sites (tertiary alicyclic amines) is 1. The molecule has 118 valence electrons. The highest BCUT2D eigenvalue weighted by Gasteiger charge is 2.22. The number of fused-ring (bicyclic) bond motifs is 1. The van der Waals surface area contributed by atoms with Gasteiger partial charge in [-0.3, -0.25) is 9.89 Å². The van der Waals surface area contributed by atoms with Crippen LogP contribution in [0.3, 0.4) is 0 Å². The maximum atomic E-state index is 12.5. The molecule has 0 radical (unpaired) electrons. The lowest BCUT2D eigenvalue weighted by Crippen LogP contribution is -2.44. The molecule has 0 spiro atoms. The number of aromatic amines is 1. The van der Waals surface area contributed by atoms with Crippen molar-refractivity contribution >= 4 is 28.4 Å². The van der Waals surface area contributed by atoms with E-state index < -0.39 is 0 Å². The van der Waals surface area contributed by atoms with Gasteiger partial charge in [0.2, 0.25) is 0 Å². The number of nitrogens with zero attached hydrogens (tertiary/aromatic N) is 2. The van der Waals surface area contributed by atoms with E-state index in [9.17, 15) is 4.79 Å². The average molecular weight is 321 g/mol. The topological polar surface area (TPSA) is 61.0 Å². The Hall–Kier alpha value is -1.59. The second-order valence-corrected chi connectivity index (χ2v) is 6.29. The van der Waals surface area contributed by atoms with Crippen LogP contribution in [-0.2, 0) is 0 Å². The minimum Gasteiger partial charge on any atom is -0.348 e. The van der Waals surface area contributed by atoms with E-state index in [1.807, 2.05) is 6.07 Å². The molecule has 0 atom stereocenters. The van der Waals surface area contributed by atoms with Crippen molar-refractivity contribution < 1.29 is 4.79 Å². The van der Waals surface area contributed by atoms with Crippen molar-refractivity contribution in [2.24, 2.45) is 0 Å². The van der Waals surface area contributed by atoms with Gasteiger partial charge in [0.1, 0.15) is 0 Å². The molecule has 1 aliphatic heterocycles. The zero-order valence-corrected chi connectivity index (χ0v) is 13.5. The van der Waals surface area contributed by atoms with Crippen molar-refractivity contribution in [2.45, 2.75) is 32.2 Å². The van der Waals surface area contributed by atoms with E-state index in [4.69, 9.17) is 11.6 Å². The summed E-state index contributed by atoms with van der Waals surface area (Å²) in [5, 5.41) is 11.5. The number of halogens is 1. The van der Waals surface area contributed by atoms with Crippen LogP contribution in [-0.4, -0.2) is 46.7 Å². The number of carbonyl (C=O) groups excluding carboxylic acids is 1. The molecule has 0 aliphatic carbocycles. The summed E-state index contributed by atoms with van der Waals surface area (Å²) in [6.07, 6.45) is 3.17. The van der Waals surface area contributed by atoms with E-state index in [2.05, 4.69) is 27.3 Å². The summed E-state index contributed by atoms with van der Waals surface area (Å²) < 4.78 is 0. The smallest absolute Gasteiger partial charge is 0.272 e. The maximum Gasteiger partial charge on any atom is 0.272 e. The monoisotopic (exact) mass is 320 g/mol. The van der Waals surface area contributed by atoms with Gasteiger partial charge in [-0.1, -0.05) is 18.5 Å². The molecule has 2 N–H and O–H groups in total. The second kappa shape index (κ2) is 6.67. The number of rotatable bonds is 4. The number of piperidine rings is 1. The molecule has 1 aromatic heterocycles. The van der Waals surface area contributed by atoms with Crippen LogP contribution in [0, 0.1) is 0 Å². The van der Waals surface area contributed by atoms with Crippen molar-refractivity contribution in [2.75, 3.05) is 19.6 Å². The largest absolute Gasteiger partial charge is 0.348 e. The predicted molar refractivity (Wildman–Crippen MR) is 88.3 cm³/mol. The summed E-state index contributed by atoms with van der Waals surface area (Å²) in [5.74, 6) is -0.123. The lowest BCUT2D eigenvalue weighted by Gasteiger charge is -2.31. The minimum absolute atomic E-state index is 0.123. The summed E-state index contributed by atoms with van der Waals surface area (Å²) in [6, 6.07) is 5.63. The molecule has 1 amide bonds. The van der Waals surface area contributed by atoms with Crippen molar-refractivity contribution in [3.63, 3.8) is 0 Å². The van der Waals surface area contributed by atoms with Gasteiger partial charge in [-0.05, 0) is 44.0 Å². The first-order valence-corrected chi connectivity index (χ1v) is 8.22. The summed E-state index contributed by atoms with van der Waals surface area (Å²) in [6.45, 7) is 5.43. The molecule has 1 fully saturated rings. The number of benzene rings is 1. The van der Waals surface area contributed by atoms with Crippen LogP contribution >= 0.6 is 11.6 Å². The quantitative estimate of drug-likeness (QED) is 0.910. The van der Waals surface area contributed by atoms with E-state index in [-0.39, 0.29) is 11.9 Å². The molecule has 3 rings (SSSR count). The van der Waals surface area contributed by atoms with Crippen LogP contribution < -0.4 is 5.32 Å². The molecule has 6 heteroatoms. The Morgan fingerprint density at radius 2 is 2.23 bits per heavy atom. The van der Waals surface area contributed by atoms with E-state index in [1.54, 1.807) is 12.1 Å². The number of H-pyrrole nitrogens is 1. The summed E-state index contributed by atoms with van der Waals surface area (Å²) >= 11 is 6.01. The predicted octanol–water partition coefficient (Wildman–Crippen LogP) is 2.82. The maximum absolute atomic E-state index is 12.5. The van der Waals surface area contributed by atoms with Crippen molar-refractivity contribution in [3.8, 4) is 0 Å². The SMILES string of the molecule is CCCN1CCC(NC(=O)c2n[nH]c3ccc(Cl)cc23)CC1. The highest BCUT2D eigenvalue weighted by atomic mass is 35.5. The Labute approximate surface area is 135 Å². The zero-order valence-electron chi connectivity index (χ0n) is 12.7. The molecule has 1 saturated heterocycles. The Morgan fingerprint density at radius 3 is 2.95 bits per heavy atom. The molecule has 0 unspecified atom stereocenters. The molecule has 0 bridgehead atoms. The number of hydrogen-bond donors (Lipinski definition) is 2. The first-order chi connectivity index (χ1) is 10.7. The third-order valence-corrected chi connectivity index (χ3v) is 4.44. The summed E-state index contributed by atoms with van der Waals surface area (Å²) in [4.78, 5) is 14.9. The lowest BCUT2D eigenvalue weighted by atomic mass is 10.0. The molecule has 2 heterocycles. The van der Waals surface area contributed by atoms with Crippen molar-refractivity contribution in [1.82, 2.24) is 20.4 Å². The number of nitrogens with one attached hydrogen (secondary N) is 2. The molecule has 0 saturated carbocycles. The van der Waals surface area contributed by atoms with E-state index in [0.717, 1.165) is 43.4 Å². The Bertz CT molecular complexity index is 661. The fourth-order valence-corrected chi connectivity index (χ4v) is 3.20.